The number of halogens is 1. The molecule has 0 amide bonds. The fraction of sp³-hybridized carbons (Fsp3) is 0.571. The van der Waals surface area contributed by atoms with E-state index in [-0.39, 0.29) is 0 Å². The van der Waals surface area contributed by atoms with Gasteiger partial charge in [0.05, 0.1) is 0 Å². The van der Waals surface area contributed by atoms with Gasteiger partial charge in [-0.2, -0.15) is 0 Å². The highest BCUT2D eigenvalue weighted by molar-refractivity contribution is 9.10. The zero-order valence-corrected chi connectivity index (χ0v) is 11.0. The van der Waals surface area contributed by atoms with Crippen LogP contribution in [0.4, 0.5) is 0 Å². The quantitative estimate of drug-likeness (QED) is 0.901. The Bertz CT molecular complexity index is 399. The Balaban J connectivity index is 1.95. The minimum absolute atomic E-state index is 0.441. The fourth-order valence-electron chi connectivity index (χ4n) is 3.43. The molecule has 16 heavy (non-hydrogen) atoms. The molecule has 1 unspecified atom stereocenters. The zero-order chi connectivity index (χ0) is 11.2. The van der Waals surface area contributed by atoms with Crippen LogP contribution in [0.25, 0.3) is 0 Å². The van der Waals surface area contributed by atoms with Gasteiger partial charge < -0.3 is 5.73 Å². The second-order valence-electron chi connectivity index (χ2n) is 5.32. The first-order valence-corrected chi connectivity index (χ1v) is 7.03. The van der Waals surface area contributed by atoms with E-state index in [1.165, 1.54) is 35.7 Å². The average Bonchev–Trinajstić information content (AvgIpc) is 2.91. The van der Waals surface area contributed by atoms with E-state index in [4.69, 9.17) is 5.73 Å². The van der Waals surface area contributed by atoms with Gasteiger partial charge in [-0.15, -0.1) is 0 Å². The lowest BCUT2D eigenvalue weighted by Gasteiger charge is -2.36. The van der Waals surface area contributed by atoms with Crippen molar-refractivity contribution >= 4 is 15.9 Å². The van der Waals surface area contributed by atoms with Crippen molar-refractivity contribution in [2.24, 2.45) is 17.6 Å². The monoisotopic (exact) mass is 279 g/mol. The Kier molecular flexibility index (Phi) is 2.60. The van der Waals surface area contributed by atoms with Gasteiger partial charge in [0.1, 0.15) is 0 Å². The highest BCUT2D eigenvalue weighted by Gasteiger charge is 2.59. The Hall–Kier alpha value is -0.340. The molecule has 2 N–H and O–H groups in total. The molecule has 2 atom stereocenters. The van der Waals surface area contributed by atoms with Crippen LogP contribution in [0.3, 0.4) is 0 Å². The maximum atomic E-state index is 5.89. The summed E-state index contributed by atoms with van der Waals surface area (Å²) < 4.78 is 1.20. The first-order chi connectivity index (χ1) is 7.77. The normalized spacial score (nSPS) is 33.5. The minimum Gasteiger partial charge on any atom is -0.330 e. The van der Waals surface area contributed by atoms with Gasteiger partial charge in [-0.05, 0) is 55.3 Å². The topological polar surface area (TPSA) is 26.0 Å². The highest BCUT2D eigenvalue weighted by atomic mass is 79.9. The summed E-state index contributed by atoms with van der Waals surface area (Å²) in [5, 5.41) is 0. The molecule has 0 heterocycles. The number of rotatable bonds is 3. The third-order valence-corrected chi connectivity index (χ3v) is 5.13. The van der Waals surface area contributed by atoms with Gasteiger partial charge in [0, 0.05) is 9.89 Å². The molecule has 86 valence electrons. The van der Waals surface area contributed by atoms with E-state index in [2.05, 4.69) is 40.2 Å². The molecule has 3 rings (SSSR count). The molecule has 0 saturated heterocycles. The Morgan fingerprint density at radius 1 is 1.38 bits per heavy atom. The van der Waals surface area contributed by atoms with Gasteiger partial charge in [-0.25, -0.2) is 0 Å². The van der Waals surface area contributed by atoms with Crippen LogP contribution in [0, 0.1) is 11.8 Å². The second-order valence-corrected chi connectivity index (χ2v) is 6.23. The third-order valence-electron chi connectivity index (χ3n) is 4.63. The molecule has 1 aromatic carbocycles. The summed E-state index contributed by atoms with van der Waals surface area (Å²) in [4.78, 5) is 0. The van der Waals surface area contributed by atoms with E-state index in [0.717, 1.165) is 18.4 Å². The minimum atomic E-state index is 0.441. The van der Waals surface area contributed by atoms with Crippen LogP contribution in [0.1, 0.15) is 31.2 Å². The zero-order valence-electron chi connectivity index (χ0n) is 9.45. The van der Waals surface area contributed by atoms with Crippen molar-refractivity contribution in [3.05, 3.63) is 34.3 Å². The largest absolute Gasteiger partial charge is 0.330 e. The Labute approximate surface area is 106 Å². The predicted molar refractivity (Wildman–Crippen MR) is 70.3 cm³/mol. The predicted octanol–water partition coefficient (Wildman–Crippen LogP) is 3.47. The van der Waals surface area contributed by atoms with Gasteiger partial charge in [-0.3, -0.25) is 0 Å². The molecule has 2 aliphatic carbocycles. The summed E-state index contributed by atoms with van der Waals surface area (Å²) in [5.74, 6) is 1.63. The lowest BCUT2D eigenvalue weighted by molar-refractivity contribution is 0.231. The van der Waals surface area contributed by atoms with Crippen molar-refractivity contribution in [2.45, 2.75) is 31.1 Å². The molecule has 2 fully saturated rings. The van der Waals surface area contributed by atoms with E-state index >= 15 is 0 Å². The van der Waals surface area contributed by atoms with E-state index in [1.807, 2.05) is 0 Å². The molecule has 0 bridgehead atoms. The second kappa shape index (κ2) is 3.85. The van der Waals surface area contributed by atoms with Gasteiger partial charge >= 0.3 is 0 Å². The fourth-order valence-corrected chi connectivity index (χ4v) is 3.83. The standard InChI is InChI=1S/C14H18BrN/c15-13-6-2-5-11(7-13)14(8-12(14)9-16)10-3-1-4-10/h2,5-7,10,12H,1,3-4,8-9,16H2/t12-,14?/m0/s1. The van der Waals surface area contributed by atoms with Crippen molar-refractivity contribution in [3.8, 4) is 0 Å². The van der Waals surface area contributed by atoms with E-state index in [1.54, 1.807) is 0 Å². The smallest absolute Gasteiger partial charge is 0.0178 e. The van der Waals surface area contributed by atoms with Crippen molar-refractivity contribution in [1.82, 2.24) is 0 Å². The maximum absolute atomic E-state index is 5.89. The summed E-state index contributed by atoms with van der Waals surface area (Å²) in [6, 6.07) is 8.86. The summed E-state index contributed by atoms with van der Waals surface area (Å²) >= 11 is 3.58. The molecule has 0 radical (unpaired) electrons. The van der Waals surface area contributed by atoms with Crippen molar-refractivity contribution in [3.63, 3.8) is 0 Å². The molecule has 2 heteroatoms. The summed E-state index contributed by atoms with van der Waals surface area (Å²) in [7, 11) is 0. The van der Waals surface area contributed by atoms with Gasteiger partial charge in [-0.1, -0.05) is 34.5 Å². The first kappa shape index (κ1) is 10.8. The Morgan fingerprint density at radius 3 is 2.69 bits per heavy atom. The molecule has 1 aromatic rings. The van der Waals surface area contributed by atoms with Crippen LogP contribution in [0.5, 0.6) is 0 Å². The van der Waals surface area contributed by atoms with Gasteiger partial charge in [0.15, 0.2) is 0 Å². The summed E-state index contributed by atoms with van der Waals surface area (Å²) in [5.41, 5.74) is 7.85. The molecule has 1 nitrogen and oxygen atoms in total. The van der Waals surface area contributed by atoms with Crippen LogP contribution in [-0.2, 0) is 5.41 Å². The van der Waals surface area contributed by atoms with Crippen LogP contribution in [-0.4, -0.2) is 6.54 Å². The molecule has 2 saturated carbocycles. The number of benzene rings is 1. The molecule has 0 aromatic heterocycles. The van der Waals surface area contributed by atoms with Crippen molar-refractivity contribution in [1.29, 1.82) is 0 Å². The lowest BCUT2D eigenvalue weighted by atomic mass is 9.69. The average molecular weight is 280 g/mol. The lowest BCUT2D eigenvalue weighted by Crippen LogP contribution is -2.30. The van der Waals surface area contributed by atoms with E-state index < -0.39 is 0 Å². The van der Waals surface area contributed by atoms with Crippen molar-refractivity contribution in [2.75, 3.05) is 6.54 Å². The SMILES string of the molecule is NC[C@@H]1CC1(c1cccc(Br)c1)C1CCC1. The number of nitrogens with two attached hydrogens (primary N) is 1. The highest BCUT2D eigenvalue weighted by Crippen LogP contribution is 2.63. The number of hydrogen-bond donors (Lipinski definition) is 1. The summed E-state index contributed by atoms with van der Waals surface area (Å²) in [6.07, 6.45) is 5.54. The van der Waals surface area contributed by atoms with E-state index in [9.17, 15) is 0 Å². The van der Waals surface area contributed by atoms with Crippen LogP contribution < -0.4 is 5.73 Å². The summed E-state index contributed by atoms with van der Waals surface area (Å²) in [6.45, 7) is 0.850. The molecule has 0 aliphatic heterocycles. The molecule has 2 aliphatic rings. The molecule has 0 spiro atoms. The number of hydrogen-bond acceptors (Lipinski definition) is 1. The van der Waals surface area contributed by atoms with Crippen molar-refractivity contribution < 1.29 is 0 Å². The molecular formula is C14H18BrN. The van der Waals surface area contributed by atoms with Gasteiger partial charge in [0.2, 0.25) is 0 Å². The third kappa shape index (κ3) is 1.46. The Morgan fingerprint density at radius 2 is 2.19 bits per heavy atom. The van der Waals surface area contributed by atoms with Crippen LogP contribution in [0.2, 0.25) is 0 Å². The van der Waals surface area contributed by atoms with Crippen LogP contribution in [0.15, 0.2) is 28.7 Å². The first-order valence-electron chi connectivity index (χ1n) is 6.23. The van der Waals surface area contributed by atoms with Gasteiger partial charge in [0.25, 0.3) is 0 Å². The molecular weight excluding hydrogens is 262 g/mol. The van der Waals surface area contributed by atoms with Crippen LogP contribution >= 0.6 is 15.9 Å². The maximum Gasteiger partial charge on any atom is 0.0178 e. The van der Waals surface area contributed by atoms with E-state index in [0.29, 0.717) is 5.41 Å².